The summed E-state index contributed by atoms with van der Waals surface area (Å²) in [5.74, 6) is 0.588. The Bertz CT molecular complexity index is 691. The smallest absolute Gasteiger partial charge is 0.271 e. The van der Waals surface area contributed by atoms with Gasteiger partial charge in [-0.05, 0) is 78.0 Å². The first-order chi connectivity index (χ1) is 11.2. The van der Waals surface area contributed by atoms with Gasteiger partial charge in [-0.1, -0.05) is 0 Å². The highest BCUT2D eigenvalue weighted by Crippen LogP contribution is 2.24. The van der Waals surface area contributed by atoms with Gasteiger partial charge in [0.15, 0.2) is 0 Å². The largest absolute Gasteiger partial charge is 0.490 e. The van der Waals surface area contributed by atoms with Crippen molar-refractivity contribution >= 4 is 39.4 Å². The van der Waals surface area contributed by atoms with Crippen molar-refractivity contribution in [3.05, 3.63) is 50.6 Å². The van der Waals surface area contributed by atoms with Crippen molar-refractivity contribution in [1.82, 2.24) is 5.43 Å². The zero-order valence-electron chi connectivity index (χ0n) is 12.5. The minimum atomic E-state index is -0.232. The molecule has 6 heteroatoms. The number of thiophene rings is 1. The minimum absolute atomic E-state index is 0.232. The maximum Gasteiger partial charge on any atom is 0.271 e. The first kappa shape index (κ1) is 16.2. The molecule has 0 unspecified atom stereocenters. The van der Waals surface area contributed by atoms with Crippen LogP contribution >= 0.6 is 27.3 Å². The van der Waals surface area contributed by atoms with Crippen LogP contribution in [0.1, 0.15) is 40.9 Å². The van der Waals surface area contributed by atoms with Crippen LogP contribution in [0.25, 0.3) is 0 Å². The van der Waals surface area contributed by atoms with E-state index in [4.69, 9.17) is 4.74 Å². The summed E-state index contributed by atoms with van der Waals surface area (Å²) in [5.41, 5.74) is 3.09. The van der Waals surface area contributed by atoms with Crippen LogP contribution in [0.5, 0.6) is 5.75 Å². The predicted molar refractivity (Wildman–Crippen MR) is 96.4 cm³/mol. The van der Waals surface area contributed by atoms with Crippen LogP contribution in [0, 0.1) is 0 Å². The lowest BCUT2D eigenvalue weighted by Gasteiger charge is -2.12. The molecule has 0 radical (unpaired) electrons. The molecule has 1 aromatic heterocycles. The highest BCUT2D eigenvalue weighted by Gasteiger charge is 2.16. The Balaban J connectivity index is 1.53. The van der Waals surface area contributed by atoms with Crippen molar-refractivity contribution in [2.45, 2.75) is 31.8 Å². The lowest BCUT2D eigenvalue weighted by Crippen LogP contribution is -2.17. The van der Waals surface area contributed by atoms with Gasteiger partial charge in [0, 0.05) is 10.4 Å². The summed E-state index contributed by atoms with van der Waals surface area (Å²) in [4.78, 5) is 13.0. The summed E-state index contributed by atoms with van der Waals surface area (Å²) in [6.45, 7) is 0. The third kappa shape index (κ3) is 4.65. The number of carbonyl (C=O) groups is 1. The average molecular weight is 393 g/mol. The summed E-state index contributed by atoms with van der Waals surface area (Å²) in [6.07, 6.45) is 6.68. The molecule has 1 aliphatic carbocycles. The van der Waals surface area contributed by atoms with Crippen molar-refractivity contribution in [2.75, 3.05) is 0 Å². The van der Waals surface area contributed by atoms with E-state index >= 15 is 0 Å². The monoisotopic (exact) mass is 392 g/mol. The van der Waals surface area contributed by atoms with Crippen LogP contribution in [0.2, 0.25) is 0 Å². The molecule has 0 bridgehead atoms. The third-order valence-electron chi connectivity index (χ3n) is 3.67. The van der Waals surface area contributed by atoms with Crippen LogP contribution in [0.15, 0.2) is 45.3 Å². The van der Waals surface area contributed by atoms with Gasteiger partial charge in [-0.2, -0.15) is 5.10 Å². The van der Waals surface area contributed by atoms with Crippen molar-refractivity contribution in [3.8, 4) is 5.75 Å². The molecule has 0 saturated heterocycles. The maximum absolute atomic E-state index is 12.0. The molecule has 1 N–H and O–H groups in total. The Morgan fingerprint density at radius 2 is 1.96 bits per heavy atom. The quantitative estimate of drug-likeness (QED) is 0.597. The highest BCUT2D eigenvalue weighted by molar-refractivity contribution is 9.11. The van der Waals surface area contributed by atoms with Crippen molar-refractivity contribution in [3.63, 3.8) is 0 Å². The number of nitrogens with zero attached hydrogens (tertiary/aromatic N) is 1. The highest BCUT2D eigenvalue weighted by atomic mass is 79.9. The number of carbonyl (C=O) groups excluding carboxylic acids is 1. The fraction of sp³-hybridized carbons (Fsp3) is 0.294. The van der Waals surface area contributed by atoms with E-state index in [2.05, 4.69) is 26.5 Å². The molecule has 3 rings (SSSR count). The Labute approximate surface area is 147 Å². The van der Waals surface area contributed by atoms with Crippen LogP contribution in [-0.2, 0) is 0 Å². The van der Waals surface area contributed by atoms with Gasteiger partial charge in [-0.25, -0.2) is 5.43 Å². The molecule has 1 amide bonds. The molecule has 23 heavy (non-hydrogen) atoms. The van der Waals surface area contributed by atoms with E-state index in [1.54, 1.807) is 29.7 Å². The molecule has 0 atom stereocenters. The standard InChI is InChI=1S/C17H17BrN2O2S/c18-16-10-9-15(23-16)11-19-20-17(21)12-5-7-14(8-6-12)22-13-3-1-2-4-13/h5-11,13H,1-4H2,(H,20,21). The second-order valence-corrected chi connectivity index (χ2v) is 7.88. The Morgan fingerprint density at radius 3 is 2.61 bits per heavy atom. The second-order valence-electron chi connectivity index (χ2n) is 5.39. The molecule has 1 heterocycles. The number of benzene rings is 1. The molecule has 1 saturated carbocycles. The first-order valence-electron chi connectivity index (χ1n) is 7.56. The number of hydrazone groups is 1. The van der Waals surface area contributed by atoms with Gasteiger partial charge in [0.2, 0.25) is 0 Å². The predicted octanol–water partition coefficient (Wildman–Crippen LogP) is 4.60. The van der Waals surface area contributed by atoms with Crippen LogP contribution in [-0.4, -0.2) is 18.2 Å². The number of ether oxygens (including phenoxy) is 1. The van der Waals surface area contributed by atoms with E-state index in [1.807, 2.05) is 24.3 Å². The molecular formula is C17H17BrN2O2S. The summed E-state index contributed by atoms with van der Waals surface area (Å²) in [6, 6.07) is 11.1. The first-order valence-corrected chi connectivity index (χ1v) is 9.17. The van der Waals surface area contributed by atoms with E-state index in [1.165, 1.54) is 12.8 Å². The fourth-order valence-electron chi connectivity index (χ4n) is 2.50. The molecule has 1 aliphatic rings. The van der Waals surface area contributed by atoms with Crippen molar-refractivity contribution < 1.29 is 9.53 Å². The van der Waals surface area contributed by atoms with Gasteiger partial charge in [0.25, 0.3) is 5.91 Å². The van der Waals surface area contributed by atoms with Crippen LogP contribution < -0.4 is 10.2 Å². The van der Waals surface area contributed by atoms with Gasteiger partial charge in [-0.3, -0.25) is 4.79 Å². The van der Waals surface area contributed by atoms with Crippen molar-refractivity contribution in [1.29, 1.82) is 0 Å². The normalized spacial score (nSPS) is 15.2. The van der Waals surface area contributed by atoms with Gasteiger partial charge >= 0.3 is 0 Å². The molecule has 4 nitrogen and oxygen atoms in total. The van der Waals surface area contributed by atoms with Gasteiger partial charge in [-0.15, -0.1) is 11.3 Å². The van der Waals surface area contributed by atoms with Crippen molar-refractivity contribution in [2.24, 2.45) is 5.10 Å². The third-order valence-corrected chi connectivity index (χ3v) is 5.23. The number of hydrogen-bond donors (Lipinski definition) is 1. The van der Waals surface area contributed by atoms with E-state index in [0.717, 1.165) is 27.3 Å². The van der Waals surface area contributed by atoms with E-state index < -0.39 is 0 Å². The molecule has 2 aromatic rings. The average Bonchev–Trinajstić information content (AvgIpc) is 3.20. The molecule has 1 aromatic carbocycles. The second kappa shape index (κ2) is 7.75. The van der Waals surface area contributed by atoms with Crippen LogP contribution in [0.4, 0.5) is 0 Å². The summed E-state index contributed by atoms with van der Waals surface area (Å²) >= 11 is 4.94. The zero-order valence-corrected chi connectivity index (χ0v) is 14.9. The Hall–Kier alpha value is -1.66. The minimum Gasteiger partial charge on any atom is -0.490 e. The fourth-order valence-corrected chi connectivity index (χ4v) is 3.80. The van der Waals surface area contributed by atoms with Gasteiger partial charge in [0.05, 0.1) is 16.1 Å². The topological polar surface area (TPSA) is 50.7 Å². The summed E-state index contributed by atoms with van der Waals surface area (Å²) < 4.78 is 6.92. The Kier molecular flexibility index (Phi) is 5.46. The Morgan fingerprint density at radius 1 is 1.22 bits per heavy atom. The summed E-state index contributed by atoms with van der Waals surface area (Å²) in [5, 5.41) is 3.97. The molecule has 1 fully saturated rings. The lowest BCUT2D eigenvalue weighted by molar-refractivity contribution is 0.0955. The SMILES string of the molecule is O=C(NN=Cc1ccc(Br)s1)c1ccc(OC2CCCC2)cc1. The number of hydrogen-bond acceptors (Lipinski definition) is 4. The van der Waals surface area contributed by atoms with E-state index in [-0.39, 0.29) is 5.91 Å². The molecule has 0 spiro atoms. The zero-order chi connectivity index (χ0) is 16.1. The number of halogens is 1. The number of amides is 1. The van der Waals surface area contributed by atoms with Gasteiger partial charge in [0.1, 0.15) is 5.75 Å². The number of rotatable bonds is 5. The van der Waals surface area contributed by atoms with E-state index in [0.29, 0.717) is 11.7 Å². The molecule has 120 valence electrons. The van der Waals surface area contributed by atoms with Gasteiger partial charge < -0.3 is 4.74 Å². The molecular weight excluding hydrogens is 376 g/mol. The number of nitrogens with one attached hydrogen (secondary N) is 1. The molecule has 0 aliphatic heterocycles. The maximum atomic E-state index is 12.0. The summed E-state index contributed by atoms with van der Waals surface area (Å²) in [7, 11) is 0. The van der Waals surface area contributed by atoms with E-state index in [9.17, 15) is 4.79 Å². The van der Waals surface area contributed by atoms with Crippen LogP contribution in [0.3, 0.4) is 0 Å². The lowest BCUT2D eigenvalue weighted by atomic mass is 10.2.